The van der Waals surface area contributed by atoms with Crippen molar-refractivity contribution < 1.29 is 65.9 Å². The van der Waals surface area contributed by atoms with E-state index in [0.29, 0.717) is 24.3 Å². The van der Waals surface area contributed by atoms with E-state index in [1.165, 1.54) is 0 Å². The highest BCUT2D eigenvalue weighted by atomic mass is 19.4. The molecule has 14 heteroatoms. The van der Waals surface area contributed by atoms with Crippen molar-refractivity contribution in [1.82, 2.24) is 0 Å². The minimum Gasteiger partial charge on any atom is -0.481 e. The maximum Gasteiger partial charge on any atom is 0.406 e. The van der Waals surface area contributed by atoms with Gasteiger partial charge in [-0.1, -0.05) is 48.6 Å². The number of aliphatic carboxylic acids is 4. The molecule has 2 aliphatic rings. The lowest BCUT2D eigenvalue weighted by atomic mass is 9.42. The van der Waals surface area contributed by atoms with E-state index < -0.39 is 64.3 Å². The summed E-state index contributed by atoms with van der Waals surface area (Å²) in [5.74, 6) is -17.0. The van der Waals surface area contributed by atoms with Gasteiger partial charge in [-0.15, -0.1) is 0 Å². The third-order valence-electron chi connectivity index (χ3n) is 5.86. The zero-order valence-corrected chi connectivity index (χ0v) is 16.0. The fourth-order valence-corrected chi connectivity index (χ4v) is 4.72. The van der Waals surface area contributed by atoms with Crippen molar-refractivity contribution in [2.75, 3.05) is 0 Å². The highest BCUT2D eigenvalue weighted by Gasteiger charge is 2.92. The van der Waals surface area contributed by atoms with E-state index in [2.05, 4.69) is 0 Å². The Hall–Kier alpha value is -3.58. The molecular formula is C19H14F6O8. The average molecular weight is 484 g/mol. The van der Waals surface area contributed by atoms with Crippen LogP contribution < -0.4 is 0 Å². The number of hydrogen-bond donors (Lipinski definition) is 4. The van der Waals surface area contributed by atoms with E-state index in [-0.39, 0.29) is 24.3 Å². The Bertz CT molecular complexity index is 925. The molecular weight excluding hydrogens is 470 g/mol. The molecule has 4 N–H and O–H groups in total. The molecule has 2 aliphatic carbocycles. The van der Waals surface area contributed by atoms with E-state index in [1.54, 1.807) is 0 Å². The van der Waals surface area contributed by atoms with Gasteiger partial charge in [0, 0.05) is 0 Å². The topological polar surface area (TPSA) is 149 Å². The maximum atomic E-state index is 14.8. The fraction of sp³-hybridized carbons (Fsp3) is 0.368. The van der Waals surface area contributed by atoms with Crippen LogP contribution in [-0.2, 0) is 19.2 Å². The molecule has 4 atom stereocenters. The summed E-state index contributed by atoms with van der Waals surface area (Å²) in [7, 11) is 0. The van der Waals surface area contributed by atoms with Crippen LogP contribution in [0.5, 0.6) is 0 Å². The van der Waals surface area contributed by atoms with Gasteiger partial charge in [0.05, 0.1) is 11.8 Å². The van der Waals surface area contributed by atoms with Gasteiger partial charge in [-0.25, -0.2) is 0 Å². The van der Waals surface area contributed by atoms with E-state index in [1.807, 2.05) is 0 Å². The van der Waals surface area contributed by atoms with Gasteiger partial charge in [0.25, 0.3) is 0 Å². The molecule has 0 fully saturated rings. The molecule has 0 saturated carbocycles. The zero-order valence-electron chi connectivity index (χ0n) is 16.0. The number of carboxylic acid groups (broad SMARTS) is 4. The first-order valence-electron chi connectivity index (χ1n) is 8.74. The molecule has 8 nitrogen and oxygen atoms in total. The van der Waals surface area contributed by atoms with Crippen LogP contribution in [-0.4, -0.2) is 56.7 Å². The molecule has 0 heterocycles. The summed E-state index contributed by atoms with van der Waals surface area (Å²) < 4.78 is 88.7. The van der Waals surface area contributed by atoms with Crippen molar-refractivity contribution in [2.24, 2.45) is 28.1 Å². The number of carboxylic acids is 4. The van der Waals surface area contributed by atoms with Gasteiger partial charge in [-0.3, -0.25) is 19.2 Å². The molecule has 0 saturated heterocycles. The number of alkyl halides is 6. The van der Waals surface area contributed by atoms with Crippen LogP contribution in [0.2, 0.25) is 0 Å². The van der Waals surface area contributed by atoms with Gasteiger partial charge in [0.2, 0.25) is 5.41 Å². The molecule has 0 aromatic carbocycles. The second kappa shape index (κ2) is 7.78. The van der Waals surface area contributed by atoms with Crippen LogP contribution in [0.25, 0.3) is 0 Å². The van der Waals surface area contributed by atoms with Crippen LogP contribution in [0.4, 0.5) is 26.3 Å². The molecule has 0 aromatic heterocycles. The molecule has 0 spiro atoms. The molecule has 180 valence electrons. The number of rotatable bonds is 6. The Balaban J connectivity index is 3.36. The minimum atomic E-state index is -6.85. The quantitative estimate of drug-likeness (QED) is 0.421. The predicted molar refractivity (Wildman–Crippen MR) is 93.5 cm³/mol. The van der Waals surface area contributed by atoms with E-state index in [0.717, 1.165) is 0 Å². The van der Waals surface area contributed by atoms with Gasteiger partial charge in [-0.05, 0) is 0 Å². The molecule has 33 heavy (non-hydrogen) atoms. The third-order valence-corrected chi connectivity index (χ3v) is 5.86. The third kappa shape index (κ3) is 3.07. The largest absolute Gasteiger partial charge is 0.481 e. The molecule has 4 unspecified atom stereocenters. The van der Waals surface area contributed by atoms with Crippen LogP contribution in [0, 0.1) is 28.1 Å². The molecule has 0 aromatic rings. The zero-order chi connectivity index (χ0) is 25.6. The Morgan fingerprint density at radius 2 is 0.909 bits per heavy atom. The Kier molecular flexibility index (Phi) is 6.05. The van der Waals surface area contributed by atoms with Crippen LogP contribution in [0.15, 0.2) is 48.6 Å². The fourth-order valence-electron chi connectivity index (χ4n) is 4.72. The first-order valence-corrected chi connectivity index (χ1v) is 8.74. The molecule has 0 amide bonds. The lowest BCUT2D eigenvalue weighted by Gasteiger charge is -2.58. The van der Waals surface area contributed by atoms with Crippen LogP contribution in [0.1, 0.15) is 0 Å². The average Bonchev–Trinajstić information content (AvgIpc) is 2.66. The monoisotopic (exact) mass is 484 g/mol. The van der Waals surface area contributed by atoms with Crippen LogP contribution in [0.3, 0.4) is 0 Å². The standard InChI is InChI=1S/C19H14F6O8/c20-18(21,22)17(19(23,24)25,15(13(30)31)7-3-1-5-9(15)11(26)27)16(14(32)33)8-4-2-6-10(16)12(28)29/h1-10H,(H,26,27)(H,28,29)(H,30,31)(H,32,33). The van der Waals surface area contributed by atoms with Gasteiger partial charge < -0.3 is 20.4 Å². The maximum absolute atomic E-state index is 14.8. The summed E-state index contributed by atoms with van der Waals surface area (Å²) in [5.41, 5.74) is -15.1. The molecule has 0 bridgehead atoms. The summed E-state index contributed by atoms with van der Waals surface area (Å²) in [4.78, 5) is 48.1. The summed E-state index contributed by atoms with van der Waals surface area (Å²) in [6.45, 7) is 0. The number of allylic oxidation sites excluding steroid dienone is 4. The smallest absolute Gasteiger partial charge is 0.406 e. The van der Waals surface area contributed by atoms with Crippen molar-refractivity contribution in [2.45, 2.75) is 12.4 Å². The Labute approximate surface area is 179 Å². The highest BCUT2D eigenvalue weighted by molar-refractivity contribution is 5.94. The number of carbonyl (C=O) groups is 4. The summed E-state index contributed by atoms with van der Waals surface area (Å²) >= 11 is 0. The van der Waals surface area contributed by atoms with E-state index in [9.17, 15) is 65.9 Å². The Morgan fingerprint density at radius 1 is 0.606 bits per heavy atom. The highest BCUT2D eigenvalue weighted by Crippen LogP contribution is 2.74. The van der Waals surface area contributed by atoms with E-state index in [4.69, 9.17) is 0 Å². The molecule has 0 aliphatic heterocycles. The van der Waals surface area contributed by atoms with Crippen molar-refractivity contribution in [3.63, 3.8) is 0 Å². The van der Waals surface area contributed by atoms with Crippen molar-refractivity contribution in [3.8, 4) is 0 Å². The van der Waals surface area contributed by atoms with Gasteiger partial charge in [0.1, 0.15) is 10.8 Å². The second-order valence-electron chi connectivity index (χ2n) is 7.21. The van der Waals surface area contributed by atoms with E-state index >= 15 is 0 Å². The lowest BCUT2D eigenvalue weighted by molar-refractivity contribution is -0.400. The van der Waals surface area contributed by atoms with Crippen LogP contribution >= 0.6 is 0 Å². The normalized spacial score (nSPS) is 29.6. The van der Waals surface area contributed by atoms with Gasteiger partial charge >= 0.3 is 36.2 Å². The number of halogens is 6. The molecule has 2 rings (SSSR count). The predicted octanol–water partition coefficient (Wildman–Crippen LogP) is 2.89. The van der Waals surface area contributed by atoms with Gasteiger partial charge in [-0.2, -0.15) is 26.3 Å². The SMILES string of the molecule is O=C(O)C1C=CC=CC1(C(=O)O)C(C(F)(F)F)(C(F)(F)F)C1(C(=O)O)C=CC=CC1C(=O)O. The number of hydrogen-bond acceptors (Lipinski definition) is 4. The van der Waals surface area contributed by atoms with Gasteiger partial charge in [0.15, 0.2) is 0 Å². The van der Waals surface area contributed by atoms with Crippen molar-refractivity contribution >= 4 is 23.9 Å². The molecule has 0 radical (unpaired) electrons. The first-order chi connectivity index (χ1) is 15.0. The first kappa shape index (κ1) is 25.7. The van der Waals surface area contributed by atoms with Crippen molar-refractivity contribution in [1.29, 1.82) is 0 Å². The Morgan fingerprint density at radius 3 is 1.12 bits per heavy atom. The summed E-state index contributed by atoms with van der Waals surface area (Å²) in [5, 5.41) is 38.5. The van der Waals surface area contributed by atoms with Crippen molar-refractivity contribution in [3.05, 3.63) is 48.6 Å². The second-order valence-corrected chi connectivity index (χ2v) is 7.21. The lowest BCUT2D eigenvalue weighted by Crippen LogP contribution is -2.76. The summed E-state index contributed by atoms with van der Waals surface area (Å²) in [6, 6.07) is 0. The summed E-state index contributed by atoms with van der Waals surface area (Å²) in [6.07, 6.45) is -11.5. The minimum absolute atomic E-state index is 0.204.